The van der Waals surface area contributed by atoms with Gasteiger partial charge in [-0.25, -0.2) is 19.6 Å². The second-order valence-electron chi connectivity index (χ2n) is 12.9. The Hall–Kier alpha value is -4.36. The number of likely N-dealkylation sites (tertiary alicyclic amines) is 1. The summed E-state index contributed by atoms with van der Waals surface area (Å²) < 4.78 is 23.4. The number of pyridine rings is 2. The summed E-state index contributed by atoms with van der Waals surface area (Å²) in [5, 5.41) is 6.86. The van der Waals surface area contributed by atoms with Crippen LogP contribution in [0.3, 0.4) is 0 Å². The van der Waals surface area contributed by atoms with Crippen molar-refractivity contribution in [2.75, 3.05) is 46.9 Å². The summed E-state index contributed by atoms with van der Waals surface area (Å²) in [4.78, 5) is 35.8. The summed E-state index contributed by atoms with van der Waals surface area (Å²) in [6.45, 7) is 5.69. The van der Waals surface area contributed by atoms with E-state index in [0.717, 1.165) is 65.3 Å². The monoisotopic (exact) mass is 652 g/mol. The molecule has 0 radical (unpaired) electrons. The first-order valence-electron chi connectivity index (χ1n) is 16.6. The highest BCUT2D eigenvalue weighted by molar-refractivity contribution is 5.83. The molecule has 5 aromatic rings. The molecule has 2 aliphatic rings. The van der Waals surface area contributed by atoms with Gasteiger partial charge in [-0.1, -0.05) is 18.2 Å². The zero-order valence-electron chi connectivity index (χ0n) is 27.6. The lowest BCUT2D eigenvalue weighted by Crippen LogP contribution is -2.31. The van der Waals surface area contributed by atoms with E-state index in [1.165, 1.54) is 12.3 Å². The maximum atomic E-state index is 14.1. The Balaban J connectivity index is 1.17. The second-order valence-corrected chi connectivity index (χ2v) is 12.9. The molecule has 0 unspecified atom stereocenters. The Morgan fingerprint density at radius 1 is 1.08 bits per heavy atom. The Morgan fingerprint density at radius 2 is 1.90 bits per heavy atom. The van der Waals surface area contributed by atoms with Crippen molar-refractivity contribution >= 4 is 16.9 Å². The minimum absolute atomic E-state index is 0.0499. The lowest BCUT2D eigenvalue weighted by Gasteiger charge is -2.29. The molecule has 4 aromatic heterocycles. The zero-order valence-corrected chi connectivity index (χ0v) is 27.6. The third-order valence-corrected chi connectivity index (χ3v) is 9.62. The summed E-state index contributed by atoms with van der Waals surface area (Å²) in [6.07, 6.45) is 7.33. The number of carbonyl (C=O) groups is 1. The van der Waals surface area contributed by atoms with Crippen molar-refractivity contribution in [3.8, 4) is 16.9 Å². The molecule has 0 aliphatic carbocycles. The number of carbonyl (C=O) groups excluding carboxylic acids is 1. The first-order valence-corrected chi connectivity index (χ1v) is 16.6. The molecule has 2 fully saturated rings. The van der Waals surface area contributed by atoms with Crippen LogP contribution in [0.4, 0.5) is 4.39 Å². The van der Waals surface area contributed by atoms with Crippen LogP contribution in [-0.4, -0.2) is 92.0 Å². The molecule has 2 saturated heterocycles. The molecule has 0 amide bonds. The minimum atomic E-state index is -0.576. The van der Waals surface area contributed by atoms with E-state index in [0.29, 0.717) is 31.3 Å². The molecule has 7 rings (SSSR count). The van der Waals surface area contributed by atoms with Crippen LogP contribution in [0.5, 0.6) is 0 Å². The number of hydrogen-bond acceptors (Lipinski definition) is 9. The number of imidazole rings is 1. The van der Waals surface area contributed by atoms with Crippen LogP contribution in [0.1, 0.15) is 48.2 Å². The van der Waals surface area contributed by atoms with Crippen LogP contribution < -0.4 is 0 Å². The first kappa shape index (κ1) is 32.2. The second kappa shape index (κ2) is 14.0. The van der Waals surface area contributed by atoms with Crippen molar-refractivity contribution < 1.29 is 18.8 Å². The lowest BCUT2D eigenvalue weighted by molar-refractivity contribution is -0.155. The molecule has 6 heterocycles. The number of benzene rings is 1. The van der Waals surface area contributed by atoms with Crippen LogP contribution in [0.25, 0.3) is 28.1 Å². The van der Waals surface area contributed by atoms with E-state index >= 15 is 0 Å². The van der Waals surface area contributed by atoms with Crippen molar-refractivity contribution in [3.05, 3.63) is 90.0 Å². The van der Waals surface area contributed by atoms with Crippen LogP contribution >= 0.6 is 0 Å². The number of halogens is 1. The van der Waals surface area contributed by atoms with Gasteiger partial charge < -0.3 is 14.2 Å². The lowest BCUT2D eigenvalue weighted by atomic mass is 9.91. The van der Waals surface area contributed by atoms with Crippen LogP contribution in [-0.2, 0) is 20.8 Å². The third kappa shape index (κ3) is 6.66. The highest BCUT2D eigenvalue weighted by atomic mass is 19.1. The topological polar surface area (TPSA) is 103 Å². The Morgan fingerprint density at radius 3 is 2.67 bits per heavy atom. The number of aromatic nitrogens is 6. The van der Waals surface area contributed by atoms with E-state index in [4.69, 9.17) is 24.6 Å². The Kier molecular flexibility index (Phi) is 9.40. The molecular weight excluding hydrogens is 611 g/mol. The van der Waals surface area contributed by atoms with Crippen molar-refractivity contribution in [2.45, 2.75) is 44.8 Å². The highest BCUT2D eigenvalue weighted by Crippen LogP contribution is 2.37. The normalized spacial score (nSPS) is 19.4. The summed E-state index contributed by atoms with van der Waals surface area (Å²) in [5.41, 5.74) is 6.60. The largest absolute Gasteiger partial charge is 0.383 e. The Bertz CT molecular complexity index is 1880. The number of hydroxylamine groups is 2. The highest BCUT2D eigenvalue weighted by Gasteiger charge is 2.37. The van der Waals surface area contributed by atoms with E-state index < -0.39 is 12.1 Å². The van der Waals surface area contributed by atoms with Gasteiger partial charge >= 0.3 is 0 Å². The number of methoxy groups -OCH3 is 1. The molecule has 2 atom stereocenters. The number of para-hydroxylation sites is 1. The molecule has 12 heteroatoms. The summed E-state index contributed by atoms with van der Waals surface area (Å²) in [5.74, 6) is -0.697. The van der Waals surface area contributed by atoms with Gasteiger partial charge in [-0.05, 0) is 81.4 Å². The maximum absolute atomic E-state index is 14.1. The van der Waals surface area contributed by atoms with Gasteiger partial charge in [-0.15, -0.1) is 0 Å². The van der Waals surface area contributed by atoms with Gasteiger partial charge in [0.15, 0.2) is 5.65 Å². The van der Waals surface area contributed by atoms with E-state index in [1.54, 1.807) is 18.2 Å². The standard InChI is InChI=1S/C36H41FN8O3/c1-24-32(20-30(46)17-27-22-43(15-16-47-3)48-35(27)25-9-12-38-33(37)19-25)45(29-7-5-4-6-8-29)41-34(24)26-18-31-36(39-21-26)44(23-40-31)28-10-13-42(2)14-11-28/h4-9,12,18-19,21,23,27-28,35H,10-11,13-17,20,22H2,1-3H3/t27-,35+/m1/s1. The number of ether oxygens (including phenoxy) is 1. The fourth-order valence-corrected chi connectivity index (χ4v) is 7.02. The van der Waals surface area contributed by atoms with E-state index in [-0.39, 0.29) is 24.5 Å². The predicted molar refractivity (Wildman–Crippen MR) is 179 cm³/mol. The summed E-state index contributed by atoms with van der Waals surface area (Å²) in [6, 6.07) is 15.4. The van der Waals surface area contributed by atoms with E-state index in [2.05, 4.69) is 21.5 Å². The fraction of sp³-hybridized carbons (Fsp3) is 0.417. The molecule has 0 N–H and O–H groups in total. The number of hydrogen-bond donors (Lipinski definition) is 0. The van der Waals surface area contributed by atoms with Gasteiger partial charge in [-0.3, -0.25) is 9.63 Å². The number of nitrogens with zero attached hydrogens (tertiary/aromatic N) is 8. The van der Waals surface area contributed by atoms with Gasteiger partial charge in [0.25, 0.3) is 0 Å². The summed E-state index contributed by atoms with van der Waals surface area (Å²) >= 11 is 0. The predicted octanol–water partition coefficient (Wildman–Crippen LogP) is 5.15. The van der Waals surface area contributed by atoms with Crippen molar-refractivity contribution in [1.82, 2.24) is 39.3 Å². The van der Waals surface area contributed by atoms with E-state index in [1.807, 2.05) is 60.5 Å². The molecule has 1 aromatic carbocycles. The van der Waals surface area contributed by atoms with Crippen LogP contribution in [0.15, 0.2) is 67.3 Å². The average Bonchev–Trinajstić information content (AvgIpc) is 3.80. The average molecular weight is 653 g/mol. The van der Waals surface area contributed by atoms with Gasteiger partial charge in [0.1, 0.15) is 17.4 Å². The third-order valence-electron chi connectivity index (χ3n) is 9.62. The molecular formula is C36H41FN8O3. The molecule has 2 aliphatic heterocycles. The van der Waals surface area contributed by atoms with Crippen LogP contribution in [0, 0.1) is 18.8 Å². The first-order chi connectivity index (χ1) is 23.4. The van der Waals surface area contributed by atoms with E-state index in [9.17, 15) is 9.18 Å². The van der Waals surface area contributed by atoms with Crippen molar-refractivity contribution in [3.63, 3.8) is 0 Å². The summed E-state index contributed by atoms with van der Waals surface area (Å²) in [7, 11) is 3.80. The quantitative estimate of drug-likeness (QED) is 0.179. The van der Waals surface area contributed by atoms with Crippen molar-refractivity contribution in [2.24, 2.45) is 5.92 Å². The van der Waals surface area contributed by atoms with Crippen LogP contribution in [0.2, 0.25) is 0 Å². The van der Waals surface area contributed by atoms with Gasteiger partial charge in [0, 0.05) is 63.0 Å². The molecule has 11 nitrogen and oxygen atoms in total. The van der Waals surface area contributed by atoms with Gasteiger partial charge in [-0.2, -0.15) is 14.6 Å². The van der Waals surface area contributed by atoms with Gasteiger partial charge in [0.05, 0.1) is 30.0 Å². The molecule has 0 saturated carbocycles. The number of piperidine rings is 1. The molecule has 48 heavy (non-hydrogen) atoms. The molecule has 250 valence electrons. The Labute approximate surface area is 279 Å². The van der Waals surface area contributed by atoms with Gasteiger partial charge in [0.2, 0.25) is 5.95 Å². The zero-order chi connectivity index (χ0) is 33.2. The fourth-order valence-electron chi connectivity index (χ4n) is 7.02. The molecule has 0 bridgehead atoms. The number of ketones is 1. The number of Topliss-reactive ketones (excluding diaryl/α,β-unsaturated/α-hetero) is 1. The number of rotatable bonds is 11. The SMILES string of the molecule is COCCN1C[C@@H](CC(=O)Cc2c(C)c(-c3cnc4c(c3)ncn4C3CCN(C)CC3)nn2-c2ccccc2)[C@H](c2ccnc(F)c2)O1. The number of fused-ring (bicyclic) bond motifs is 1. The van der Waals surface area contributed by atoms with Crippen molar-refractivity contribution in [1.29, 1.82) is 0 Å². The smallest absolute Gasteiger partial charge is 0.213 e. The maximum Gasteiger partial charge on any atom is 0.213 e. The minimum Gasteiger partial charge on any atom is -0.383 e. The molecule has 0 spiro atoms.